The van der Waals surface area contributed by atoms with Crippen LogP contribution in [0.1, 0.15) is 116 Å². The first-order valence-electron chi connectivity index (χ1n) is 15.0. The molecule has 0 unspecified atom stereocenters. The molecule has 4 N–H and O–H groups in total. The Morgan fingerprint density at radius 1 is 0.512 bits per heavy atom. The van der Waals surface area contributed by atoms with Gasteiger partial charge in [-0.25, -0.2) is 4.79 Å². The maximum atomic E-state index is 12.9. The lowest BCUT2D eigenvalue weighted by Crippen LogP contribution is -2.80. The van der Waals surface area contributed by atoms with E-state index in [4.69, 9.17) is 0 Å². The minimum atomic E-state index is -0.233. The molecule has 0 aliphatic carbocycles. The van der Waals surface area contributed by atoms with Gasteiger partial charge >= 0.3 is 6.03 Å². The average molecular weight is 557 g/mol. The molecule has 4 nitrogen and oxygen atoms in total. The van der Waals surface area contributed by atoms with Crippen molar-refractivity contribution in [2.24, 2.45) is 0 Å². The van der Waals surface area contributed by atoms with Crippen molar-refractivity contribution in [2.75, 3.05) is 10.6 Å². The highest BCUT2D eigenvalue weighted by atomic mass is 16.2. The van der Waals surface area contributed by atoms with Crippen molar-refractivity contribution >= 4 is 17.4 Å². The smallest absolute Gasteiger partial charge is 0.323 e. The third-order valence-corrected chi connectivity index (χ3v) is 7.62. The molecule has 0 aliphatic rings. The number of carbonyl (C=O) groups excluding carboxylic acids is 1. The second-order valence-electron chi connectivity index (χ2n) is 15.7. The molecule has 0 saturated heterocycles. The second-order valence-corrected chi connectivity index (χ2v) is 15.7. The first-order valence-corrected chi connectivity index (χ1v) is 15.0. The van der Waals surface area contributed by atoms with Crippen LogP contribution in [0.4, 0.5) is 16.2 Å². The molecule has 41 heavy (non-hydrogen) atoms. The van der Waals surface area contributed by atoms with Crippen LogP contribution in [0.15, 0.2) is 60.7 Å². The summed E-state index contributed by atoms with van der Waals surface area (Å²) in [4.78, 5) is 12.9. The van der Waals surface area contributed by atoms with E-state index in [0.29, 0.717) is 0 Å². The largest absolute Gasteiger partial charge is 0.339 e. The van der Waals surface area contributed by atoms with Crippen LogP contribution < -0.4 is 16.0 Å². The predicted molar refractivity (Wildman–Crippen MR) is 176 cm³/mol. The van der Waals surface area contributed by atoms with Gasteiger partial charge in [-0.05, 0) is 80.3 Å². The van der Waals surface area contributed by atoms with E-state index in [1.54, 1.807) is 0 Å². The van der Waals surface area contributed by atoms with Crippen molar-refractivity contribution in [3.8, 4) is 0 Å². The van der Waals surface area contributed by atoms with Gasteiger partial charge in [-0.3, -0.25) is 0 Å². The second kappa shape index (κ2) is 12.0. The quantitative estimate of drug-likeness (QED) is 0.279. The Labute approximate surface area is 249 Å². The van der Waals surface area contributed by atoms with E-state index in [9.17, 15) is 4.79 Å². The number of amides is 2. The van der Waals surface area contributed by atoms with E-state index in [0.717, 1.165) is 24.5 Å². The summed E-state index contributed by atoms with van der Waals surface area (Å²) in [5.41, 5.74) is 9.61. The normalized spacial score (nSPS) is 12.8. The molecule has 0 atom stereocenters. The van der Waals surface area contributed by atoms with Gasteiger partial charge in [0, 0.05) is 22.5 Å². The van der Waals surface area contributed by atoms with E-state index in [2.05, 4.69) is 148 Å². The molecule has 3 aromatic carbocycles. The fourth-order valence-electron chi connectivity index (χ4n) is 4.66. The van der Waals surface area contributed by atoms with Crippen LogP contribution in [-0.2, 0) is 34.7 Å². The highest BCUT2D eigenvalue weighted by molar-refractivity contribution is 5.99. The maximum Gasteiger partial charge on any atom is 0.323 e. The molecule has 3 aromatic rings. The summed E-state index contributed by atoms with van der Waals surface area (Å²) in [6, 6.07) is 21.4. The van der Waals surface area contributed by atoms with E-state index in [-0.39, 0.29) is 27.7 Å². The van der Waals surface area contributed by atoms with Gasteiger partial charge in [0.25, 0.3) is 0 Å². The number of nitrogens with one attached hydrogen (secondary N) is 2. The molecule has 0 aliphatic heterocycles. The number of hydrogen-bond acceptors (Lipinski definition) is 1. The van der Waals surface area contributed by atoms with Crippen LogP contribution in [0.2, 0.25) is 0 Å². The van der Waals surface area contributed by atoms with Crippen molar-refractivity contribution in [1.82, 2.24) is 0 Å². The summed E-state index contributed by atoms with van der Waals surface area (Å²) in [5, 5.41) is 8.40. The monoisotopic (exact) mass is 556 g/mol. The molecule has 0 aromatic heterocycles. The number of urea groups is 1. The fourth-order valence-corrected chi connectivity index (χ4v) is 4.66. The number of quaternary nitrogens is 1. The molecule has 222 valence electrons. The summed E-state index contributed by atoms with van der Waals surface area (Å²) in [5.74, 6) is 0. The molecule has 0 fully saturated rings. The Hall–Kier alpha value is -3.11. The van der Waals surface area contributed by atoms with Crippen LogP contribution in [0.25, 0.3) is 0 Å². The van der Waals surface area contributed by atoms with Crippen molar-refractivity contribution in [3.05, 3.63) is 94.0 Å². The van der Waals surface area contributed by atoms with Gasteiger partial charge in [-0.2, -0.15) is 0 Å². The molecular weight excluding hydrogens is 502 g/mol. The summed E-state index contributed by atoms with van der Waals surface area (Å²) >= 11 is 0. The van der Waals surface area contributed by atoms with Crippen LogP contribution in [0.5, 0.6) is 0 Å². The molecule has 0 radical (unpaired) electrons. The summed E-state index contributed by atoms with van der Waals surface area (Å²) < 4.78 is 0. The fraction of sp³-hybridized carbons (Fsp3) is 0.486. The lowest BCUT2D eigenvalue weighted by Gasteiger charge is -2.26. The van der Waals surface area contributed by atoms with Crippen molar-refractivity contribution in [2.45, 2.75) is 118 Å². The molecule has 0 bridgehead atoms. The minimum Gasteiger partial charge on any atom is -0.339 e. The molecular formula is C37H54N3O+. The number of benzene rings is 3. The first kappa shape index (κ1) is 32.4. The molecule has 3 rings (SSSR count). The van der Waals surface area contributed by atoms with E-state index in [1.165, 1.54) is 33.4 Å². The van der Waals surface area contributed by atoms with Gasteiger partial charge in [0.1, 0.15) is 13.1 Å². The first-order chi connectivity index (χ1) is 18.7. The maximum absolute atomic E-state index is 12.9. The summed E-state index contributed by atoms with van der Waals surface area (Å²) in [6.45, 7) is 28.7. The lowest BCUT2D eigenvalue weighted by atomic mass is 9.79. The number of anilines is 2. The van der Waals surface area contributed by atoms with Crippen molar-refractivity contribution < 1.29 is 10.1 Å². The molecule has 2 amide bonds. The highest BCUT2D eigenvalue weighted by Crippen LogP contribution is 2.32. The lowest BCUT2D eigenvalue weighted by molar-refractivity contribution is -0.686. The van der Waals surface area contributed by atoms with Gasteiger partial charge in [0.15, 0.2) is 0 Å². The highest BCUT2D eigenvalue weighted by Gasteiger charge is 2.22. The third-order valence-electron chi connectivity index (χ3n) is 7.62. The van der Waals surface area contributed by atoms with E-state index < -0.39 is 0 Å². The van der Waals surface area contributed by atoms with Gasteiger partial charge in [-0.15, -0.1) is 0 Å². The van der Waals surface area contributed by atoms with Crippen LogP contribution in [-0.4, -0.2) is 6.03 Å². The molecule has 0 heterocycles. The van der Waals surface area contributed by atoms with Gasteiger partial charge in [0.05, 0.1) is 0 Å². The minimum absolute atomic E-state index is 0.00864. The Bertz CT molecular complexity index is 1280. The zero-order chi connectivity index (χ0) is 30.8. The van der Waals surface area contributed by atoms with Crippen molar-refractivity contribution in [1.29, 1.82) is 0 Å². The summed E-state index contributed by atoms with van der Waals surface area (Å²) in [6.07, 6.45) is 0. The van der Waals surface area contributed by atoms with Crippen LogP contribution in [0.3, 0.4) is 0 Å². The number of carbonyl (C=O) groups is 1. The molecule has 0 saturated carbocycles. The van der Waals surface area contributed by atoms with E-state index in [1.807, 2.05) is 12.1 Å². The van der Waals surface area contributed by atoms with Gasteiger partial charge in [0.2, 0.25) is 0 Å². The predicted octanol–water partition coefficient (Wildman–Crippen LogP) is 8.78. The third kappa shape index (κ3) is 9.46. The Morgan fingerprint density at radius 2 is 0.878 bits per heavy atom. The zero-order valence-electron chi connectivity index (χ0n) is 27.7. The number of hydrogen-bond donors (Lipinski definition) is 3. The number of rotatable bonds is 6. The molecule has 4 heteroatoms. The Balaban J connectivity index is 1.63. The SMILES string of the molecule is CC(C)(C)c1cc(C[NH2+]Cc2ccc(NC(=O)Nc3cc(C(C)(C)C)cc(C(C)(C)C)c3)cc2)cc(C(C)(C)C)c1. The number of nitrogens with two attached hydrogens (primary N) is 1. The van der Waals surface area contributed by atoms with Crippen molar-refractivity contribution in [3.63, 3.8) is 0 Å². The summed E-state index contributed by atoms with van der Waals surface area (Å²) in [7, 11) is 0. The molecule has 0 spiro atoms. The van der Waals surface area contributed by atoms with Gasteiger partial charge in [-0.1, -0.05) is 107 Å². The topological polar surface area (TPSA) is 57.7 Å². The Kier molecular flexibility index (Phi) is 9.50. The van der Waals surface area contributed by atoms with Gasteiger partial charge < -0.3 is 16.0 Å². The van der Waals surface area contributed by atoms with Crippen LogP contribution in [0, 0.1) is 0 Å². The zero-order valence-corrected chi connectivity index (χ0v) is 27.7. The van der Waals surface area contributed by atoms with E-state index >= 15 is 0 Å². The standard InChI is InChI=1S/C37H53N3O/c1-34(2,3)27-17-26(18-28(19-27)35(4,5)6)24-38-23-25-13-15-31(16-14-25)39-33(41)40-32-21-29(36(7,8)9)20-30(22-32)37(10,11)12/h13-22,38H,23-24H2,1-12H3,(H2,39,40,41)/p+1. The Morgan fingerprint density at radius 3 is 1.29 bits per heavy atom. The average Bonchev–Trinajstić information content (AvgIpc) is 2.82. The van der Waals surface area contributed by atoms with Crippen LogP contribution >= 0.6 is 0 Å².